The first-order chi connectivity index (χ1) is 18.0. The molecule has 190 valence electrons. The van der Waals surface area contributed by atoms with Gasteiger partial charge in [0.15, 0.2) is 5.82 Å². The maximum Gasteiger partial charge on any atom is 0.219 e. The Morgan fingerprint density at radius 1 is 0.973 bits per heavy atom. The fourth-order valence-corrected chi connectivity index (χ4v) is 5.02. The van der Waals surface area contributed by atoms with E-state index >= 15 is 0 Å². The number of hydrogen-bond acceptors (Lipinski definition) is 9. The fraction of sp³-hybridized carbons (Fsp3) is 0.385. The van der Waals surface area contributed by atoms with Crippen LogP contribution in [0, 0.1) is 6.92 Å². The van der Waals surface area contributed by atoms with Crippen LogP contribution in [0.4, 0.5) is 17.3 Å². The minimum absolute atomic E-state index is 0.118. The predicted molar refractivity (Wildman–Crippen MR) is 140 cm³/mol. The normalized spacial score (nSPS) is 16.2. The minimum atomic E-state index is 0.118. The lowest BCUT2D eigenvalue weighted by atomic mass is 10.1. The molecule has 1 amide bonds. The second-order valence-corrected chi connectivity index (χ2v) is 9.63. The van der Waals surface area contributed by atoms with Gasteiger partial charge in [0.1, 0.15) is 29.8 Å². The molecule has 0 radical (unpaired) electrons. The Kier molecular flexibility index (Phi) is 6.13. The van der Waals surface area contributed by atoms with Gasteiger partial charge in [-0.1, -0.05) is 6.07 Å². The van der Waals surface area contributed by atoms with Gasteiger partial charge in [0.2, 0.25) is 5.91 Å². The van der Waals surface area contributed by atoms with Crippen molar-refractivity contribution in [2.75, 3.05) is 42.9 Å². The summed E-state index contributed by atoms with van der Waals surface area (Å²) >= 11 is 0. The zero-order valence-corrected chi connectivity index (χ0v) is 21.1. The Balaban J connectivity index is 1.18. The lowest BCUT2D eigenvalue weighted by Crippen LogP contribution is -2.48. The van der Waals surface area contributed by atoms with Gasteiger partial charge in [-0.25, -0.2) is 24.6 Å². The van der Waals surface area contributed by atoms with Crippen LogP contribution in [0.15, 0.2) is 43.0 Å². The average Bonchev–Trinajstić information content (AvgIpc) is 3.38. The zero-order valence-electron chi connectivity index (χ0n) is 21.1. The Hall–Kier alpha value is -4.12. The van der Waals surface area contributed by atoms with E-state index in [0.717, 1.165) is 67.6 Å². The molecule has 37 heavy (non-hydrogen) atoms. The molecule has 2 aliphatic rings. The summed E-state index contributed by atoms with van der Waals surface area (Å²) in [4.78, 5) is 36.3. The van der Waals surface area contributed by atoms with Gasteiger partial charge in [-0.3, -0.25) is 9.69 Å². The van der Waals surface area contributed by atoms with Crippen molar-refractivity contribution in [3.8, 4) is 0 Å². The van der Waals surface area contributed by atoms with Crippen LogP contribution < -0.4 is 10.2 Å². The summed E-state index contributed by atoms with van der Waals surface area (Å²) in [5, 5.41) is 7.73. The number of amides is 1. The number of rotatable bonds is 5. The fourth-order valence-electron chi connectivity index (χ4n) is 5.02. The van der Waals surface area contributed by atoms with E-state index in [2.05, 4.69) is 60.3 Å². The number of pyridine rings is 1. The molecule has 2 aliphatic heterocycles. The van der Waals surface area contributed by atoms with Crippen molar-refractivity contribution >= 4 is 34.3 Å². The van der Waals surface area contributed by atoms with E-state index in [1.54, 1.807) is 19.6 Å². The number of aryl methyl sites for hydroxylation is 1. The molecule has 11 heteroatoms. The van der Waals surface area contributed by atoms with Gasteiger partial charge in [0, 0.05) is 51.9 Å². The summed E-state index contributed by atoms with van der Waals surface area (Å²) in [6.07, 6.45) is 3.20. The van der Waals surface area contributed by atoms with Crippen molar-refractivity contribution < 1.29 is 4.79 Å². The third-order valence-electron chi connectivity index (χ3n) is 7.20. The molecular weight excluding hydrogens is 468 g/mol. The van der Waals surface area contributed by atoms with Crippen LogP contribution in [0.3, 0.4) is 0 Å². The van der Waals surface area contributed by atoms with Gasteiger partial charge in [-0.05, 0) is 42.3 Å². The molecular formula is C26H30N10O. The summed E-state index contributed by atoms with van der Waals surface area (Å²) in [6.45, 7) is 10.2. The van der Waals surface area contributed by atoms with Gasteiger partial charge in [-0.2, -0.15) is 5.10 Å². The number of nitrogens with one attached hydrogen (secondary N) is 1. The highest BCUT2D eigenvalue weighted by atomic mass is 16.2. The first kappa shape index (κ1) is 23.3. The molecule has 0 atom stereocenters. The van der Waals surface area contributed by atoms with E-state index in [1.165, 1.54) is 11.1 Å². The SMILES string of the molecule is CC(=O)N1CCN(c2ccc3ncnc(Nc4ccc(CN5CCn6ncnc6C5)c(C)c4)c3n2)CC1. The summed E-state index contributed by atoms with van der Waals surface area (Å²) in [6, 6.07) is 10.4. The van der Waals surface area contributed by atoms with Crippen LogP contribution in [0.1, 0.15) is 23.9 Å². The Bertz CT molecular complexity index is 1440. The van der Waals surface area contributed by atoms with Crippen molar-refractivity contribution in [1.29, 1.82) is 0 Å². The number of nitrogens with zero attached hydrogens (tertiary/aromatic N) is 9. The minimum Gasteiger partial charge on any atom is -0.353 e. The zero-order chi connectivity index (χ0) is 25.4. The molecule has 0 unspecified atom stereocenters. The largest absolute Gasteiger partial charge is 0.353 e. The lowest BCUT2D eigenvalue weighted by Gasteiger charge is -2.35. The highest BCUT2D eigenvalue weighted by Crippen LogP contribution is 2.26. The molecule has 0 spiro atoms. The molecule has 5 heterocycles. The van der Waals surface area contributed by atoms with Crippen LogP contribution in [0.2, 0.25) is 0 Å². The third kappa shape index (κ3) is 4.82. The van der Waals surface area contributed by atoms with Crippen LogP contribution >= 0.6 is 0 Å². The summed E-state index contributed by atoms with van der Waals surface area (Å²) in [5.74, 6) is 2.69. The maximum absolute atomic E-state index is 11.7. The van der Waals surface area contributed by atoms with Crippen molar-refractivity contribution in [2.24, 2.45) is 0 Å². The predicted octanol–water partition coefficient (Wildman–Crippen LogP) is 2.35. The smallest absolute Gasteiger partial charge is 0.219 e. The monoisotopic (exact) mass is 498 g/mol. The van der Waals surface area contributed by atoms with E-state index in [4.69, 9.17) is 4.98 Å². The highest BCUT2D eigenvalue weighted by molar-refractivity contribution is 5.88. The number of piperazine rings is 1. The number of aromatic nitrogens is 6. The molecule has 3 aromatic heterocycles. The molecule has 1 saturated heterocycles. The lowest BCUT2D eigenvalue weighted by molar-refractivity contribution is -0.129. The van der Waals surface area contributed by atoms with Gasteiger partial charge >= 0.3 is 0 Å². The van der Waals surface area contributed by atoms with Crippen molar-refractivity contribution in [1.82, 2.24) is 39.5 Å². The number of anilines is 3. The number of carbonyl (C=O) groups is 1. The first-order valence-electron chi connectivity index (χ1n) is 12.6. The van der Waals surface area contributed by atoms with E-state index in [9.17, 15) is 4.79 Å². The number of benzene rings is 1. The van der Waals surface area contributed by atoms with Crippen LogP contribution in [-0.4, -0.2) is 78.1 Å². The molecule has 4 aromatic rings. The molecule has 11 nitrogen and oxygen atoms in total. The second kappa shape index (κ2) is 9.74. The third-order valence-corrected chi connectivity index (χ3v) is 7.20. The quantitative estimate of drug-likeness (QED) is 0.444. The van der Waals surface area contributed by atoms with Crippen molar-refractivity contribution in [3.05, 3.63) is 59.9 Å². The standard InChI is InChI=1S/C26H30N10O/c1-18-13-21(4-3-20(18)14-33-7-12-36-24(15-33)28-17-30-36)31-26-25-22(27-16-29-26)5-6-23(32-25)35-10-8-34(9-11-35)19(2)37/h3-6,13,16-17H,7-12,14-15H2,1-2H3,(H,27,29,31). The van der Waals surface area contributed by atoms with Crippen LogP contribution in [0.25, 0.3) is 11.0 Å². The first-order valence-corrected chi connectivity index (χ1v) is 12.6. The molecule has 1 N–H and O–H groups in total. The van der Waals surface area contributed by atoms with Crippen molar-refractivity contribution in [2.45, 2.75) is 33.5 Å². The van der Waals surface area contributed by atoms with Gasteiger partial charge in [0.25, 0.3) is 0 Å². The molecule has 6 rings (SSSR count). The Labute approximate surface area is 215 Å². The Morgan fingerprint density at radius 2 is 1.84 bits per heavy atom. The highest BCUT2D eigenvalue weighted by Gasteiger charge is 2.21. The topological polar surface area (TPSA) is 108 Å². The molecule has 0 bridgehead atoms. The van der Waals surface area contributed by atoms with Gasteiger partial charge in [0.05, 0.1) is 18.6 Å². The summed E-state index contributed by atoms with van der Waals surface area (Å²) < 4.78 is 1.98. The number of fused-ring (bicyclic) bond motifs is 2. The second-order valence-electron chi connectivity index (χ2n) is 9.63. The summed E-state index contributed by atoms with van der Waals surface area (Å²) in [7, 11) is 0. The molecule has 1 fully saturated rings. The molecule has 1 aromatic carbocycles. The van der Waals surface area contributed by atoms with Gasteiger partial charge < -0.3 is 15.1 Å². The molecule has 0 aliphatic carbocycles. The number of carbonyl (C=O) groups excluding carboxylic acids is 1. The summed E-state index contributed by atoms with van der Waals surface area (Å²) in [5.41, 5.74) is 4.98. The van der Waals surface area contributed by atoms with Crippen molar-refractivity contribution in [3.63, 3.8) is 0 Å². The van der Waals surface area contributed by atoms with E-state index < -0.39 is 0 Å². The van der Waals surface area contributed by atoms with Crippen LogP contribution in [-0.2, 0) is 24.4 Å². The van der Waals surface area contributed by atoms with E-state index in [-0.39, 0.29) is 5.91 Å². The molecule has 0 saturated carbocycles. The van der Waals surface area contributed by atoms with E-state index in [1.807, 2.05) is 21.7 Å². The Morgan fingerprint density at radius 3 is 2.65 bits per heavy atom. The average molecular weight is 499 g/mol. The van der Waals surface area contributed by atoms with E-state index in [0.29, 0.717) is 18.9 Å². The number of hydrogen-bond donors (Lipinski definition) is 1. The van der Waals surface area contributed by atoms with Crippen LogP contribution in [0.5, 0.6) is 0 Å². The maximum atomic E-state index is 11.7. The van der Waals surface area contributed by atoms with Gasteiger partial charge in [-0.15, -0.1) is 0 Å².